The highest BCUT2D eigenvalue weighted by Crippen LogP contribution is 2.41. The van der Waals surface area contributed by atoms with Crippen molar-refractivity contribution in [2.75, 3.05) is 43.5 Å². The van der Waals surface area contributed by atoms with Crippen molar-refractivity contribution in [3.05, 3.63) is 54.1 Å². The average molecular weight is 393 g/mol. The van der Waals surface area contributed by atoms with Crippen LogP contribution in [0.25, 0.3) is 0 Å². The molecule has 2 aromatic rings. The van der Waals surface area contributed by atoms with Gasteiger partial charge in [0.1, 0.15) is 5.75 Å². The second-order valence-corrected chi connectivity index (χ2v) is 7.82. The zero-order valence-corrected chi connectivity index (χ0v) is 16.9. The number of hydrogen-bond donors (Lipinski definition) is 1. The van der Waals surface area contributed by atoms with Gasteiger partial charge in [-0.15, -0.1) is 0 Å². The number of nitrogens with one attached hydrogen (secondary N) is 1. The number of hydrogen-bond acceptors (Lipinski definition) is 4. The molecular weight excluding hydrogens is 366 g/mol. The van der Waals surface area contributed by atoms with Gasteiger partial charge in [0.25, 0.3) is 0 Å². The number of piperazine rings is 1. The van der Waals surface area contributed by atoms with Gasteiger partial charge in [-0.1, -0.05) is 12.1 Å². The van der Waals surface area contributed by atoms with Crippen molar-refractivity contribution in [1.82, 2.24) is 4.90 Å². The van der Waals surface area contributed by atoms with E-state index in [2.05, 4.69) is 10.2 Å². The van der Waals surface area contributed by atoms with E-state index in [9.17, 15) is 9.59 Å². The van der Waals surface area contributed by atoms with Crippen LogP contribution in [0.4, 0.5) is 11.4 Å². The van der Waals surface area contributed by atoms with Crippen molar-refractivity contribution in [3.63, 3.8) is 0 Å². The molecule has 0 bridgehead atoms. The zero-order chi connectivity index (χ0) is 20.4. The number of carbonyl (C=O) groups is 2. The maximum atomic E-state index is 12.8. The van der Waals surface area contributed by atoms with E-state index in [1.54, 1.807) is 7.11 Å². The zero-order valence-electron chi connectivity index (χ0n) is 16.9. The fourth-order valence-electron chi connectivity index (χ4n) is 3.93. The predicted molar refractivity (Wildman–Crippen MR) is 113 cm³/mol. The lowest BCUT2D eigenvalue weighted by Gasteiger charge is -2.36. The van der Waals surface area contributed by atoms with Crippen molar-refractivity contribution in [2.24, 2.45) is 11.8 Å². The lowest BCUT2D eigenvalue weighted by molar-refractivity contribution is -0.134. The molecule has 1 N–H and O–H groups in total. The Bertz CT molecular complexity index is 888. The van der Waals surface area contributed by atoms with Gasteiger partial charge in [-0.05, 0) is 55.3 Å². The van der Waals surface area contributed by atoms with Gasteiger partial charge in [0, 0.05) is 37.6 Å². The number of rotatable bonds is 5. The first-order valence-electron chi connectivity index (χ1n) is 10.1. The van der Waals surface area contributed by atoms with E-state index in [1.165, 1.54) is 0 Å². The Balaban J connectivity index is 1.27. The van der Waals surface area contributed by atoms with Crippen molar-refractivity contribution in [3.8, 4) is 5.75 Å². The molecule has 1 aliphatic carbocycles. The maximum absolute atomic E-state index is 12.8. The van der Waals surface area contributed by atoms with Crippen molar-refractivity contribution in [1.29, 1.82) is 0 Å². The second-order valence-electron chi connectivity index (χ2n) is 7.82. The van der Waals surface area contributed by atoms with Gasteiger partial charge in [-0.2, -0.15) is 0 Å². The molecule has 0 aromatic heterocycles. The van der Waals surface area contributed by atoms with E-state index >= 15 is 0 Å². The first kappa shape index (κ1) is 19.3. The minimum absolute atomic E-state index is 0.0502. The molecule has 2 atom stereocenters. The van der Waals surface area contributed by atoms with Gasteiger partial charge in [0.05, 0.1) is 18.9 Å². The molecule has 6 heteroatoms. The number of anilines is 2. The number of methoxy groups -OCH3 is 1. The third kappa shape index (κ3) is 4.36. The molecule has 1 aliphatic heterocycles. The number of nitrogens with zero attached hydrogens (tertiary/aromatic N) is 2. The maximum Gasteiger partial charge on any atom is 0.228 e. The number of ether oxygens (including phenoxy) is 1. The smallest absolute Gasteiger partial charge is 0.228 e. The Hall–Kier alpha value is -3.02. The number of carbonyl (C=O) groups excluding carboxylic acids is 2. The van der Waals surface area contributed by atoms with Crippen LogP contribution in [0.1, 0.15) is 12.0 Å². The highest BCUT2D eigenvalue weighted by molar-refractivity contribution is 5.99. The van der Waals surface area contributed by atoms with E-state index < -0.39 is 0 Å². The minimum atomic E-state index is -0.206. The van der Waals surface area contributed by atoms with Crippen LogP contribution in [-0.4, -0.2) is 50.0 Å². The molecule has 1 heterocycles. The summed E-state index contributed by atoms with van der Waals surface area (Å²) in [5.41, 5.74) is 3.03. The van der Waals surface area contributed by atoms with Crippen LogP contribution < -0.4 is 15.0 Å². The molecule has 152 valence electrons. The summed E-state index contributed by atoms with van der Waals surface area (Å²) < 4.78 is 5.21. The SMILES string of the molecule is COc1ccc(N2CCN(C(=O)C3CC3C(=O)Nc3cccc(C)c3)CC2)cc1. The van der Waals surface area contributed by atoms with Crippen LogP contribution >= 0.6 is 0 Å². The van der Waals surface area contributed by atoms with Crippen molar-refractivity contribution >= 4 is 23.2 Å². The molecule has 2 aromatic carbocycles. The van der Waals surface area contributed by atoms with Gasteiger partial charge < -0.3 is 19.9 Å². The lowest BCUT2D eigenvalue weighted by Crippen LogP contribution is -2.49. The summed E-state index contributed by atoms with van der Waals surface area (Å²) in [5, 5.41) is 2.94. The molecule has 6 nitrogen and oxygen atoms in total. The summed E-state index contributed by atoms with van der Waals surface area (Å²) in [7, 11) is 1.66. The Labute approximate surface area is 171 Å². The normalized spacial score (nSPS) is 20.9. The Morgan fingerprint density at radius 1 is 1.00 bits per heavy atom. The van der Waals surface area contributed by atoms with Gasteiger partial charge in [0.2, 0.25) is 11.8 Å². The molecule has 0 spiro atoms. The standard InChI is InChI=1S/C23H27N3O3/c1-16-4-3-5-17(14-16)24-22(27)20-15-21(20)23(28)26-12-10-25(11-13-26)18-6-8-19(29-2)9-7-18/h3-9,14,20-21H,10-13,15H2,1-2H3,(H,24,27). The molecule has 2 fully saturated rings. The first-order valence-corrected chi connectivity index (χ1v) is 10.1. The van der Waals surface area contributed by atoms with Crippen LogP contribution in [0, 0.1) is 18.8 Å². The quantitative estimate of drug-likeness (QED) is 0.849. The molecule has 1 saturated heterocycles. The fraction of sp³-hybridized carbons (Fsp3) is 0.391. The molecule has 2 unspecified atom stereocenters. The minimum Gasteiger partial charge on any atom is -0.497 e. The first-order chi connectivity index (χ1) is 14.0. The summed E-state index contributed by atoms with van der Waals surface area (Å²) in [6.07, 6.45) is 0.648. The average Bonchev–Trinajstić information content (AvgIpc) is 3.55. The Kier molecular flexibility index (Phi) is 5.43. The van der Waals surface area contributed by atoms with Gasteiger partial charge in [0.15, 0.2) is 0 Å². The summed E-state index contributed by atoms with van der Waals surface area (Å²) >= 11 is 0. The molecule has 1 saturated carbocycles. The van der Waals surface area contributed by atoms with Crippen molar-refractivity contribution in [2.45, 2.75) is 13.3 Å². The molecule has 0 radical (unpaired) electrons. The van der Waals surface area contributed by atoms with Crippen molar-refractivity contribution < 1.29 is 14.3 Å². The topological polar surface area (TPSA) is 61.9 Å². The predicted octanol–water partition coefficient (Wildman–Crippen LogP) is 2.93. The number of amides is 2. The van der Waals surface area contributed by atoms with E-state index in [-0.39, 0.29) is 23.7 Å². The molecular formula is C23H27N3O3. The Morgan fingerprint density at radius 2 is 1.72 bits per heavy atom. The number of aryl methyl sites for hydroxylation is 1. The third-order valence-electron chi connectivity index (χ3n) is 5.76. The van der Waals surface area contributed by atoms with E-state index in [0.29, 0.717) is 19.5 Å². The highest BCUT2D eigenvalue weighted by Gasteiger charge is 2.49. The summed E-state index contributed by atoms with van der Waals surface area (Å²) in [4.78, 5) is 29.5. The van der Waals surface area contributed by atoms with Crippen LogP contribution in [-0.2, 0) is 9.59 Å². The summed E-state index contributed by atoms with van der Waals surface area (Å²) in [6.45, 7) is 4.96. The molecule has 2 amide bonds. The largest absolute Gasteiger partial charge is 0.497 e. The summed E-state index contributed by atoms with van der Waals surface area (Å²) in [6, 6.07) is 15.7. The van der Waals surface area contributed by atoms with Gasteiger partial charge >= 0.3 is 0 Å². The second kappa shape index (κ2) is 8.15. The third-order valence-corrected chi connectivity index (χ3v) is 5.76. The number of benzene rings is 2. The van der Waals surface area contributed by atoms with Gasteiger partial charge in [-0.25, -0.2) is 0 Å². The highest BCUT2D eigenvalue weighted by atomic mass is 16.5. The van der Waals surface area contributed by atoms with E-state index in [4.69, 9.17) is 4.74 Å². The monoisotopic (exact) mass is 393 g/mol. The van der Waals surface area contributed by atoms with Crippen LogP contribution in [0.15, 0.2) is 48.5 Å². The molecule has 29 heavy (non-hydrogen) atoms. The molecule has 4 rings (SSSR count). The van der Waals surface area contributed by atoms with Crippen LogP contribution in [0.3, 0.4) is 0 Å². The lowest BCUT2D eigenvalue weighted by atomic mass is 10.2. The fourth-order valence-corrected chi connectivity index (χ4v) is 3.93. The summed E-state index contributed by atoms with van der Waals surface area (Å²) in [5.74, 6) is 0.524. The van der Waals surface area contributed by atoms with Gasteiger partial charge in [-0.3, -0.25) is 9.59 Å². The van der Waals surface area contributed by atoms with E-state index in [1.807, 2.05) is 60.4 Å². The van der Waals surface area contributed by atoms with E-state index in [0.717, 1.165) is 35.8 Å². The van der Waals surface area contributed by atoms with Crippen LogP contribution in [0.2, 0.25) is 0 Å². The van der Waals surface area contributed by atoms with Crippen LogP contribution in [0.5, 0.6) is 5.75 Å². The molecule has 2 aliphatic rings. The Morgan fingerprint density at radius 3 is 2.38 bits per heavy atom.